The molecular formula is C26H33N5O2. The molecule has 0 radical (unpaired) electrons. The molecule has 0 saturated carbocycles. The molecule has 174 valence electrons. The molecule has 0 unspecified atom stereocenters. The minimum atomic E-state index is -0.207. The van der Waals surface area contributed by atoms with Crippen LogP contribution in [0.15, 0.2) is 24.3 Å². The highest BCUT2D eigenvalue weighted by Crippen LogP contribution is 2.41. The van der Waals surface area contributed by atoms with Gasteiger partial charge < -0.3 is 15.4 Å². The lowest BCUT2D eigenvalue weighted by molar-refractivity contribution is -0.122. The number of aromatic nitrogens is 2. The van der Waals surface area contributed by atoms with E-state index < -0.39 is 0 Å². The van der Waals surface area contributed by atoms with Gasteiger partial charge in [0.15, 0.2) is 5.65 Å². The molecule has 3 aromatic rings. The van der Waals surface area contributed by atoms with Crippen LogP contribution in [0.2, 0.25) is 0 Å². The molecule has 5 rings (SSSR count). The molecule has 2 aliphatic rings. The molecule has 0 atom stereocenters. The Morgan fingerprint density at radius 2 is 1.91 bits per heavy atom. The van der Waals surface area contributed by atoms with Crippen LogP contribution in [-0.4, -0.2) is 41.6 Å². The SMILES string of the molecule is C.CCc1c(C2CCOCC2)c(C#N)c2nc3ccccc3n2c1N1CCC(C(N)=O)CC1. The molecular weight excluding hydrogens is 414 g/mol. The van der Waals surface area contributed by atoms with Crippen LogP contribution in [0.1, 0.15) is 62.6 Å². The Bertz CT molecular complexity index is 1210. The minimum Gasteiger partial charge on any atom is -0.381 e. The number of rotatable bonds is 4. The molecule has 4 heterocycles. The molecule has 2 saturated heterocycles. The number of carbonyl (C=O) groups is 1. The number of nitriles is 1. The summed E-state index contributed by atoms with van der Waals surface area (Å²) in [5, 5.41) is 10.3. The van der Waals surface area contributed by atoms with Crippen LogP contribution >= 0.6 is 0 Å². The van der Waals surface area contributed by atoms with Crippen molar-refractivity contribution in [1.29, 1.82) is 5.26 Å². The standard InChI is InChI=1S/C25H29N5O2.CH4/c1-2-18-22(16-9-13-32-14-10-16)19(15-26)24-28-20-5-3-4-6-21(20)30(24)25(18)29-11-7-17(8-12-29)23(27)31;/h3-6,16-17H,2,7-14H2,1H3,(H2,27,31);1H4. The fourth-order valence-corrected chi connectivity index (χ4v) is 5.54. The maximum atomic E-state index is 11.8. The third-order valence-electron chi connectivity index (χ3n) is 7.15. The predicted octanol–water partition coefficient (Wildman–Crippen LogP) is 4.15. The molecule has 0 spiro atoms. The molecule has 0 bridgehead atoms. The van der Waals surface area contributed by atoms with Crippen molar-refractivity contribution in [2.24, 2.45) is 11.7 Å². The number of para-hydroxylation sites is 2. The summed E-state index contributed by atoms with van der Waals surface area (Å²) in [4.78, 5) is 19.1. The maximum absolute atomic E-state index is 11.8. The largest absolute Gasteiger partial charge is 0.381 e. The van der Waals surface area contributed by atoms with Crippen LogP contribution in [0.3, 0.4) is 0 Å². The molecule has 1 amide bonds. The van der Waals surface area contributed by atoms with Crippen LogP contribution in [0, 0.1) is 17.2 Å². The minimum absolute atomic E-state index is 0. The normalized spacial score (nSPS) is 17.8. The van der Waals surface area contributed by atoms with E-state index in [1.54, 1.807) is 0 Å². The Balaban J connectivity index is 0.00000259. The number of pyridine rings is 1. The van der Waals surface area contributed by atoms with Crippen molar-refractivity contribution in [2.45, 2.75) is 52.4 Å². The van der Waals surface area contributed by atoms with Crippen LogP contribution in [-0.2, 0) is 16.0 Å². The average molecular weight is 448 g/mol. The van der Waals surface area contributed by atoms with Crippen molar-refractivity contribution in [1.82, 2.24) is 9.38 Å². The van der Waals surface area contributed by atoms with E-state index >= 15 is 0 Å². The summed E-state index contributed by atoms with van der Waals surface area (Å²) in [7, 11) is 0. The Hall–Kier alpha value is -3.11. The van der Waals surface area contributed by atoms with Crippen molar-refractivity contribution < 1.29 is 9.53 Å². The van der Waals surface area contributed by atoms with Gasteiger partial charge in [-0.25, -0.2) is 4.98 Å². The highest BCUT2D eigenvalue weighted by molar-refractivity contribution is 5.87. The number of carbonyl (C=O) groups excluding carboxylic acids is 1. The number of hydrogen-bond donors (Lipinski definition) is 1. The van der Waals surface area contributed by atoms with Crippen molar-refractivity contribution in [3.8, 4) is 6.07 Å². The quantitative estimate of drug-likeness (QED) is 0.648. The zero-order chi connectivity index (χ0) is 22.2. The van der Waals surface area contributed by atoms with Gasteiger partial charge in [-0.2, -0.15) is 5.26 Å². The number of amides is 1. The second kappa shape index (κ2) is 9.40. The van der Waals surface area contributed by atoms with E-state index in [1.807, 2.05) is 18.2 Å². The van der Waals surface area contributed by atoms with Gasteiger partial charge in [0.2, 0.25) is 5.91 Å². The van der Waals surface area contributed by atoms with E-state index in [0.29, 0.717) is 11.5 Å². The van der Waals surface area contributed by atoms with E-state index in [-0.39, 0.29) is 19.3 Å². The number of anilines is 1. The molecule has 1 aromatic carbocycles. The van der Waals surface area contributed by atoms with Gasteiger partial charge >= 0.3 is 0 Å². The molecule has 7 nitrogen and oxygen atoms in total. The number of primary amides is 1. The summed E-state index contributed by atoms with van der Waals surface area (Å²) < 4.78 is 7.81. The second-order valence-corrected chi connectivity index (χ2v) is 8.87. The lowest BCUT2D eigenvalue weighted by Crippen LogP contribution is -2.40. The molecule has 2 aliphatic heterocycles. The zero-order valence-corrected chi connectivity index (χ0v) is 18.5. The van der Waals surface area contributed by atoms with Gasteiger partial charge in [-0.1, -0.05) is 26.5 Å². The number of benzene rings is 1. The third-order valence-corrected chi connectivity index (χ3v) is 7.15. The zero-order valence-electron chi connectivity index (χ0n) is 18.5. The molecule has 0 aliphatic carbocycles. The average Bonchev–Trinajstić information content (AvgIpc) is 3.22. The smallest absolute Gasteiger partial charge is 0.220 e. The van der Waals surface area contributed by atoms with Crippen LogP contribution in [0.4, 0.5) is 5.82 Å². The van der Waals surface area contributed by atoms with E-state index in [4.69, 9.17) is 15.5 Å². The van der Waals surface area contributed by atoms with Crippen molar-refractivity contribution >= 4 is 28.4 Å². The van der Waals surface area contributed by atoms with Gasteiger partial charge in [-0.3, -0.25) is 9.20 Å². The van der Waals surface area contributed by atoms with Crippen LogP contribution < -0.4 is 10.6 Å². The Morgan fingerprint density at radius 1 is 1.21 bits per heavy atom. The van der Waals surface area contributed by atoms with Crippen LogP contribution in [0.5, 0.6) is 0 Å². The lowest BCUT2D eigenvalue weighted by atomic mass is 9.84. The molecule has 7 heteroatoms. The van der Waals surface area contributed by atoms with E-state index in [2.05, 4.69) is 28.4 Å². The molecule has 2 fully saturated rings. The summed E-state index contributed by atoms with van der Waals surface area (Å²) in [6.07, 6.45) is 4.16. The Labute approximate surface area is 195 Å². The van der Waals surface area contributed by atoms with E-state index in [1.165, 1.54) is 5.56 Å². The number of ether oxygens (including phenoxy) is 1. The predicted molar refractivity (Wildman–Crippen MR) is 130 cm³/mol. The van der Waals surface area contributed by atoms with E-state index in [9.17, 15) is 10.1 Å². The summed E-state index contributed by atoms with van der Waals surface area (Å²) in [6, 6.07) is 10.6. The Morgan fingerprint density at radius 3 is 2.55 bits per heavy atom. The van der Waals surface area contributed by atoms with Gasteiger partial charge in [0.1, 0.15) is 11.9 Å². The lowest BCUT2D eigenvalue weighted by Gasteiger charge is -2.36. The fourth-order valence-electron chi connectivity index (χ4n) is 5.54. The van der Waals surface area contributed by atoms with Gasteiger partial charge in [0, 0.05) is 32.2 Å². The number of piperidine rings is 1. The van der Waals surface area contributed by atoms with Crippen molar-refractivity contribution in [3.05, 3.63) is 41.0 Å². The number of fused-ring (bicyclic) bond motifs is 3. The summed E-state index contributed by atoms with van der Waals surface area (Å²) in [6.45, 7) is 5.14. The highest BCUT2D eigenvalue weighted by Gasteiger charge is 2.32. The van der Waals surface area contributed by atoms with Gasteiger partial charge in [0.05, 0.1) is 16.6 Å². The van der Waals surface area contributed by atoms with E-state index in [0.717, 1.165) is 86.5 Å². The van der Waals surface area contributed by atoms with Gasteiger partial charge in [-0.15, -0.1) is 0 Å². The monoisotopic (exact) mass is 447 g/mol. The number of hydrogen-bond acceptors (Lipinski definition) is 5. The van der Waals surface area contributed by atoms with Crippen molar-refractivity contribution in [3.63, 3.8) is 0 Å². The first-order chi connectivity index (χ1) is 15.6. The maximum Gasteiger partial charge on any atom is 0.220 e. The van der Waals surface area contributed by atoms with Crippen molar-refractivity contribution in [2.75, 3.05) is 31.2 Å². The molecule has 2 N–H and O–H groups in total. The number of nitrogens with two attached hydrogens (primary N) is 1. The summed E-state index contributed by atoms with van der Waals surface area (Å²) in [5.74, 6) is 1.14. The first kappa shape index (κ1) is 23.1. The topological polar surface area (TPSA) is 96.7 Å². The second-order valence-electron chi connectivity index (χ2n) is 8.87. The first-order valence-electron chi connectivity index (χ1n) is 11.6. The first-order valence-corrected chi connectivity index (χ1v) is 11.6. The fraction of sp³-hybridized carbons (Fsp3) is 0.500. The van der Waals surface area contributed by atoms with Crippen LogP contribution in [0.25, 0.3) is 16.7 Å². The highest BCUT2D eigenvalue weighted by atomic mass is 16.5. The Kier molecular flexibility index (Phi) is 6.57. The van der Waals surface area contributed by atoms with Gasteiger partial charge in [0.25, 0.3) is 0 Å². The summed E-state index contributed by atoms with van der Waals surface area (Å²) >= 11 is 0. The number of imidazole rings is 1. The number of nitrogens with zero attached hydrogens (tertiary/aromatic N) is 4. The molecule has 2 aromatic heterocycles. The third kappa shape index (κ3) is 3.83. The van der Waals surface area contributed by atoms with Gasteiger partial charge in [-0.05, 0) is 61.3 Å². The summed E-state index contributed by atoms with van der Waals surface area (Å²) in [5.41, 5.74) is 11.3. The molecule has 33 heavy (non-hydrogen) atoms.